The molecule has 40 heavy (non-hydrogen) atoms. The van der Waals surface area contributed by atoms with Crippen LogP contribution in [0.15, 0.2) is 72.4 Å². The molecule has 1 aliphatic rings. The maximum atomic E-state index is 13.6. The first-order valence-corrected chi connectivity index (χ1v) is 14.1. The Labute approximate surface area is 236 Å². The average Bonchev–Trinajstić information content (AvgIpc) is 3.68. The molecule has 3 heterocycles. The highest BCUT2D eigenvalue weighted by molar-refractivity contribution is 7.13. The van der Waals surface area contributed by atoms with E-state index in [0.29, 0.717) is 25.2 Å². The molecular formula is C29H32N6O4S. The van der Waals surface area contributed by atoms with Crippen molar-refractivity contribution >= 4 is 28.3 Å². The molecule has 0 fully saturated rings. The summed E-state index contributed by atoms with van der Waals surface area (Å²) in [5.74, 6) is -1.56. The van der Waals surface area contributed by atoms with Crippen molar-refractivity contribution in [2.24, 2.45) is 0 Å². The summed E-state index contributed by atoms with van der Waals surface area (Å²) in [5.41, 5.74) is 4.33. The van der Waals surface area contributed by atoms with E-state index in [-0.39, 0.29) is 0 Å². The van der Waals surface area contributed by atoms with Gasteiger partial charge in [-0.1, -0.05) is 36.4 Å². The summed E-state index contributed by atoms with van der Waals surface area (Å²) >= 11 is 1.44. The number of aliphatic hydroxyl groups excluding tert-OH is 2. The normalized spacial score (nSPS) is 17.0. The first kappa shape index (κ1) is 27.5. The lowest BCUT2D eigenvalue weighted by atomic mass is 9.90. The summed E-state index contributed by atoms with van der Waals surface area (Å²) in [5, 5.41) is 34.3. The van der Waals surface area contributed by atoms with E-state index >= 15 is 0 Å². The van der Waals surface area contributed by atoms with Crippen LogP contribution in [0.5, 0.6) is 0 Å². The number of nitrogens with one attached hydrogen (secondary N) is 2. The first-order valence-electron chi connectivity index (χ1n) is 13.2. The van der Waals surface area contributed by atoms with E-state index in [2.05, 4.69) is 20.7 Å². The highest BCUT2D eigenvalue weighted by Gasteiger charge is 2.40. The summed E-state index contributed by atoms with van der Waals surface area (Å²) in [6.45, 7) is 4.78. The molecule has 4 aromatic rings. The number of thiazole rings is 1. The Hall–Kier alpha value is -4.06. The van der Waals surface area contributed by atoms with Crippen LogP contribution in [0.4, 0.5) is 5.13 Å². The molecule has 0 unspecified atom stereocenters. The highest BCUT2D eigenvalue weighted by atomic mass is 32.1. The van der Waals surface area contributed by atoms with Crippen LogP contribution in [0.25, 0.3) is 5.69 Å². The van der Waals surface area contributed by atoms with Gasteiger partial charge < -0.3 is 25.7 Å². The third-order valence-corrected chi connectivity index (χ3v) is 7.86. The van der Waals surface area contributed by atoms with Crippen molar-refractivity contribution in [3.05, 3.63) is 94.8 Å². The molecule has 0 saturated carbocycles. The number of aromatic nitrogens is 3. The molecule has 1 aliphatic heterocycles. The van der Waals surface area contributed by atoms with Crippen molar-refractivity contribution in [3.63, 3.8) is 0 Å². The van der Waals surface area contributed by atoms with Gasteiger partial charge in [0.25, 0.3) is 11.8 Å². The molecule has 5 rings (SSSR count). The van der Waals surface area contributed by atoms with Crippen molar-refractivity contribution in [1.29, 1.82) is 0 Å². The van der Waals surface area contributed by atoms with E-state index < -0.39 is 36.1 Å². The van der Waals surface area contributed by atoms with Crippen LogP contribution >= 0.6 is 11.3 Å². The Morgan fingerprint density at radius 1 is 1.10 bits per heavy atom. The maximum Gasteiger partial charge on any atom is 0.255 e. The number of nitrogens with zero attached hydrogens (tertiary/aromatic N) is 4. The van der Waals surface area contributed by atoms with Gasteiger partial charge in [-0.05, 0) is 55.2 Å². The topological polar surface area (TPSA) is 133 Å². The molecule has 208 valence electrons. The minimum atomic E-state index is -1.94. The van der Waals surface area contributed by atoms with Crippen molar-refractivity contribution in [3.8, 4) is 5.69 Å². The number of hydrogen-bond donors (Lipinski definition) is 4. The van der Waals surface area contributed by atoms with Crippen LogP contribution < -0.4 is 10.6 Å². The van der Waals surface area contributed by atoms with Crippen LogP contribution in [-0.4, -0.2) is 67.0 Å². The van der Waals surface area contributed by atoms with Crippen LogP contribution in [0, 0.1) is 0 Å². The van der Waals surface area contributed by atoms with Gasteiger partial charge in [-0.25, -0.2) is 9.67 Å². The van der Waals surface area contributed by atoms with E-state index in [4.69, 9.17) is 0 Å². The molecule has 4 N–H and O–H groups in total. The number of carbonyl (C=O) groups excluding carboxylic acids is 2. The fourth-order valence-electron chi connectivity index (χ4n) is 4.93. The summed E-state index contributed by atoms with van der Waals surface area (Å²) in [6.07, 6.45) is 0.227. The summed E-state index contributed by atoms with van der Waals surface area (Å²) in [6, 6.07) is 16.1. The predicted molar refractivity (Wildman–Crippen MR) is 152 cm³/mol. The lowest BCUT2D eigenvalue weighted by Gasteiger charge is -2.38. The third kappa shape index (κ3) is 5.62. The molecule has 11 heteroatoms. The lowest BCUT2D eigenvalue weighted by molar-refractivity contribution is -0.155. The standard InChI is InChI=1S/C29H32N6O4S/c1-3-30-29-33-23(17-40-29)24-22-8-5-4-7-20(22)13-16-34(24)28(39)26(37)25(36)27(38)32-18(2)19-9-11-21(12-10-19)35-15-6-14-31-35/h4-12,14-15,17-18,24-26,36-37H,3,13,16H2,1-2H3,(H,30,33)(H,32,38)/t18-,24-,25-,26-/m1/s1. The summed E-state index contributed by atoms with van der Waals surface area (Å²) in [7, 11) is 0. The fraction of sp³-hybridized carbons (Fsp3) is 0.310. The Morgan fingerprint density at radius 2 is 1.88 bits per heavy atom. The number of amides is 2. The van der Waals surface area contributed by atoms with Gasteiger partial charge in [0.1, 0.15) is 6.04 Å². The molecule has 0 aliphatic carbocycles. The van der Waals surface area contributed by atoms with Crippen LogP contribution in [0.3, 0.4) is 0 Å². The minimum absolute atomic E-state index is 0.318. The number of benzene rings is 2. The second-order valence-electron chi connectivity index (χ2n) is 9.65. The SMILES string of the molecule is CCNc1nc([C@H]2c3ccccc3CCN2C(=O)[C@H](O)[C@@H](O)C(=O)N[C@H](C)c2ccc(-n3cccn3)cc2)cs1. The van der Waals surface area contributed by atoms with E-state index in [0.717, 1.165) is 27.5 Å². The van der Waals surface area contributed by atoms with Gasteiger partial charge in [-0.3, -0.25) is 9.59 Å². The van der Waals surface area contributed by atoms with Gasteiger partial charge in [0.2, 0.25) is 0 Å². The van der Waals surface area contributed by atoms with Gasteiger partial charge in [0.15, 0.2) is 17.3 Å². The monoisotopic (exact) mass is 560 g/mol. The number of carbonyl (C=O) groups is 2. The second kappa shape index (κ2) is 12.0. The predicted octanol–water partition coefficient (Wildman–Crippen LogP) is 2.83. The second-order valence-corrected chi connectivity index (χ2v) is 10.5. The first-order chi connectivity index (χ1) is 19.4. The van der Waals surface area contributed by atoms with Crippen molar-refractivity contribution in [2.75, 3.05) is 18.4 Å². The number of hydrogen-bond acceptors (Lipinski definition) is 8. The molecule has 0 bridgehead atoms. The molecule has 0 spiro atoms. The van der Waals surface area contributed by atoms with Crippen LogP contribution in [-0.2, 0) is 16.0 Å². The number of anilines is 1. The quantitative estimate of drug-likeness (QED) is 0.247. The Morgan fingerprint density at radius 3 is 2.60 bits per heavy atom. The van der Waals surface area contributed by atoms with Gasteiger partial charge in [0.05, 0.1) is 17.4 Å². The number of fused-ring (bicyclic) bond motifs is 1. The Balaban J connectivity index is 1.29. The van der Waals surface area contributed by atoms with E-state index in [1.165, 1.54) is 16.2 Å². The Kier molecular flexibility index (Phi) is 8.24. The molecule has 4 atom stereocenters. The van der Waals surface area contributed by atoms with Gasteiger partial charge in [-0.15, -0.1) is 11.3 Å². The van der Waals surface area contributed by atoms with Crippen molar-refractivity contribution < 1.29 is 19.8 Å². The van der Waals surface area contributed by atoms with Crippen LogP contribution in [0.1, 0.15) is 48.3 Å². The maximum absolute atomic E-state index is 13.6. The van der Waals surface area contributed by atoms with Crippen molar-refractivity contribution in [2.45, 2.75) is 44.6 Å². The van der Waals surface area contributed by atoms with Crippen LogP contribution in [0.2, 0.25) is 0 Å². The molecule has 10 nitrogen and oxygen atoms in total. The van der Waals surface area contributed by atoms with Gasteiger partial charge >= 0.3 is 0 Å². The molecule has 0 radical (unpaired) electrons. The van der Waals surface area contributed by atoms with E-state index in [1.807, 2.05) is 73.1 Å². The van der Waals surface area contributed by atoms with Gasteiger partial charge in [0, 0.05) is 30.9 Å². The average molecular weight is 561 g/mol. The number of rotatable bonds is 9. The zero-order valence-electron chi connectivity index (χ0n) is 22.3. The zero-order chi connectivity index (χ0) is 28.2. The van der Waals surface area contributed by atoms with E-state index in [9.17, 15) is 19.8 Å². The van der Waals surface area contributed by atoms with Gasteiger partial charge in [-0.2, -0.15) is 5.10 Å². The molecule has 0 saturated heterocycles. The van der Waals surface area contributed by atoms with E-state index in [1.54, 1.807) is 17.8 Å². The zero-order valence-corrected chi connectivity index (χ0v) is 23.1. The smallest absolute Gasteiger partial charge is 0.255 e. The third-order valence-electron chi connectivity index (χ3n) is 7.04. The lowest BCUT2D eigenvalue weighted by Crippen LogP contribution is -2.53. The fourth-order valence-corrected chi connectivity index (χ4v) is 5.73. The summed E-state index contributed by atoms with van der Waals surface area (Å²) < 4.78 is 1.72. The highest BCUT2D eigenvalue weighted by Crippen LogP contribution is 2.37. The summed E-state index contributed by atoms with van der Waals surface area (Å²) in [4.78, 5) is 32.7. The minimum Gasteiger partial charge on any atom is -0.380 e. The number of aliphatic hydroxyl groups is 2. The van der Waals surface area contributed by atoms with Crippen molar-refractivity contribution in [1.82, 2.24) is 25.0 Å². The molecular weight excluding hydrogens is 528 g/mol. The molecule has 2 amide bonds. The molecule has 2 aromatic carbocycles. The largest absolute Gasteiger partial charge is 0.380 e. The molecule has 2 aromatic heterocycles. The Bertz CT molecular complexity index is 1460.